The molecule has 0 radical (unpaired) electrons. The van der Waals surface area contributed by atoms with Gasteiger partial charge in [0, 0.05) is 19.1 Å². The maximum Gasteiger partial charge on any atom is 0.0192 e. The van der Waals surface area contributed by atoms with Crippen LogP contribution in [0, 0.1) is 5.92 Å². The third kappa shape index (κ3) is 3.33. The lowest BCUT2D eigenvalue weighted by molar-refractivity contribution is 0.164. The van der Waals surface area contributed by atoms with Crippen LogP contribution in [0.25, 0.3) is 0 Å². The van der Waals surface area contributed by atoms with E-state index in [0.717, 1.165) is 12.0 Å². The molecule has 0 aromatic rings. The van der Waals surface area contributed by atoms with Crippen molar-refractivity contribution in [2.75, 3.05) is 26.7 Å². The Bertz CT molecular complexity index is 247. The number of piperidine rings is 1. The van der Waals surface area contributed by atoms with Crippen LogP contribution in [0.1, 0.15) is 39.0 Å². The average Bonchev–Trinajstić information content (AvgIpc) is 2.32. The SMILES string of the molecule is CNC1CCCN(C[C@@H]2CC=C(C)CC2)C1. The van der Waals surface area contributed by atoms with Crippen LogP contribution in [-0.4, -0.2) is 37.6 Å². The summed E-state index contributed by atoms with van der Waals surface area (Å²) in [5.41, 5.74) is 1.60. The zero-order valence-corrected chi connectivity index (χ0v) is 10.8. The Hall–Kier alpha value is -0.340. The fourth-order valence-corrected chi connectivity index (χ4v) is 3.01. The van der Waals surface area contributed by atoms with Crippen LogP contribution in [0.15, 0.2) is 11.6 Å². The average molecular weight is 222 g/mol. The number of nitrogens with one attached hydrogen (secondary N) is 1. The van der Waals surface area contributed by atoms with Crippen LogP contribution in [0.3, 0.4) is 0 Å². The van der Waals surface area contributed by atoms with Crippen LogP contribution in [0.4, 0.5) is 0 Å². The summed E-state index contributed by atoms with van der Waals surface area (Å²) >= 11 is 0. The summed E-state index contributed by atoms with van der Waals surface area (Å²) in [5, 5.41) is 3.42. The molecule has 16 heavy (non-hydrogen) atoms. The highest BCUT2D eigenvalue weighted by molar-refractivity contribution is 5.03. The second-order valence-electron chi connectivity index (χ2n) is 5.58. The van der Waals surface area contributed by atoms with Gasteiger partial charge in [0.05, 0.1) is 0 Å². The molecule has 2 nitrogen and oxygen atoms in total. The molecular formula is C14H26N2. The molecule has 92 valence electrons. The Morgan fingerprint density at radius 1 is 1.44 bits per heavy atom. The molecule has 1 aliphatic carbocycles. The van der Waals surface area contributed by atoms with E-state index in [1.807, 2.05) is 0 Å². The Morgan fingerprint density at radius 3 is 3.00 bits per heavy atom. The summed E-state index contributed by atoms with van der Waals surface area (Å²) in [5.74, 6) is 0.916. The summed E-state index contributed by atoms with van der Waals surface area (Å²) in [6.07, 6.45) is 9.22. The minimum Gasteiger partial charge on any atom is -0.316 e. The van der Waals surface area contributed by atoms with Gasteiger partial charge in [-0.25, -0.2) is 0 Å². The molecule has 2 atom stereocenters. The van der Waals surface area contributed by atoms with Gasteiger partial charge in [-0.1, -0.05) is 11.6 Å². The topological polar surface area (TPSA) is 15.3 Å². The summed E-state index contributed by atoms with van der Waals surface area (Å²) in [6, 6.07) is 0.731. The van der Waals surface area contributed by atoms with E-state index in [4.69, 9.17) is 0 Å². The monoisotopic (exact) mass is 222 g/mol. The van der Waals surface area contributed by atoms with Crippen LogP contribution in [0.5, 0.6) is 0 Å². The van der Waals surface area contributed by atoms with Crippen molar-refractivity contribution < 1.29 is 0 Å². The molecule has 1 heterocycles. The molecule has 0 spiro atoms. The van der Waals surface area contributed by atoms with Crippen molar-refractivity contribution >= 4 is 0 Å². The van der Waals surface area contributed by atoms with Crippen molar-refractivity contribution in [1.29, 1.82) is 0 Å². The highest BCUT2D eigenvalue weighted by Crippen LogP contribution is 2.24. The molecule has 1 unspecified atom stereocenters. The molecule has 2 rings (SSSR count). The zero-order chi connectivity index (χ0) is 11.4. The van der Waals surface area contributed by atoms with Crippen molar-refractivity contribution in [2.45, 2.75) is 45.1 Å². The van der Waals surface area contributed by atoms with Crippen molar-refractivity contribution in [3.05, 3.63) is 11.6 Å². The Morgan fingerprint density at radius 2 is 2.31 bits per heavy atom. The van der Waals surface area contributed by atoms with Crippen LogP contribution in [0.2, 0.25) is 0 Å². The summed E-state index contributed by atoms with van der Waals surface area (Å²) in [7, 11) is 2.10. The molecule has 1 aliphatic heterocycles. The maximum absolute atomic E-state index is 3.42. The normalized spacial score (nSPS) is 32.5. The fraction of sp³-hybridized carbons (Fsp3) is 0.857. The predicted octanol–water partition coefficient (Wildman–Crippen LogP) is 2.42. The summed E-state index contributed by atoms with van der Waals surface area (Å²) in [4.78, 5) is 2.67. The van der Waals surface area contributed by atoms with E-state index >= 15 is 0 Å². The molecule has 1 N–H and O–H groups in total. The van der Waals surface area contributed by atoms with Gasteiger partial charge in [0.1, 0.15) is 0 Å². The third-order valence-electron chi connectivity index (χ3n) is 4.18. The molecule has 2 aliphatic rings. The van der Waals surface area contributed by atoms with Crippen molar-refractivity contribution in [3.63, 3.8) is 0 Å². The fourth-order valence-electron chi connectivity index (χ4n) is 3.01. The van der Waals surface area contributed by atoms with Gasteiger partial charge in [-0.3, -0.25) is 0 Å². The van der Waals surface area contributed by atoms with E-state index < -0.39 is 0 Å². The lowest BCUT2D eigenvalue weighted by Crippen LogP contribution is -2.46. The number of nitrogens with zero attached hydrogens (tertiary/aromatic N) is 1. The summed E-state index contributed by atoms with van der Waals surface area (Å²) < 4.78 is 0. The molecule has 0 bridgehead atoms. The predicted molar refractivity (Wildman–Crippen MR) is 69.6 cm³/mol. The number of allylic oxidation sites excluding steroid dienone is 2. The van der Waals surface area contributed by atoms with E-state index in [2.05, 4.69) is 30.3 Å². The third-order valence-corrected chi connectivity index (χ3v) is 4.18. The van der Waals surface area contributed by atoms with E-state index in [0.29, 0.717) is 0 Å². The quantitative estimate of drug-likeness (QED) is 0.738. The first-order valence-electron chi connectivity index (χ1n) is 6.83. The minimum absolute atomic E-state index is 0.731. The first kappa shape index (κ1) is 12.1. The highest BCUT2D eigenvalue weighted by atomic mass is 15.2. The largest absolute Gasteiger partial charge is 0.316 e. The second-order valence-corrected chi connectivity index (χ2v) is 5.58. The molecule has 0 amide bonds. The van der Waals surface area contributed by atoms with Gasteiger partial charge in [-0.05, 0) is 58.5 Å². The highest BCUT2D eigenvalue weighted by Gasteiger charge is 2.21. The smallest absolute Gasteiger partial charge is 0.0192 e. The Balaban J connectivity index is 1.76. The van der Waals surface area contributed by atoms with Gasteiger partial charge in [-0.15, -0.1) is 0 Å². The van der Waals surface area contributed by atoms with E-state index in [-0.39, 0.29) is 0 Å². The van der Waals surface area contributed by atoms with Crippen LogP contribution in [-0.2, 0) is 0 Å². The molecule has 0 aromatic carbocycles. The van der Waals surface area contributed by atoms with Gasteiger partial charge < -0.3 is 10.2 Å². The van der Waals surface area contributed by atoms with Crippen molar-refractivity contribution in [2.24, 2.45) is 5.92 Å². The van der Waals surface area contributed by atoms with Gasteiger partial charge in [-0.2, -0.15) is 0 Å². The first-order valence-corrected chi connectivity index (χ1v) is 6.83. The molecule has 2 heteroatoms. The van der Waals surface area contributed by atoms with Gasteiger partial charge in [0.2, 0.25) is 0 Å². The van der Waals surface area contributed by atoms with Crippen LogP contribution >= 0.6 is 0 Å². The lowest BCUT2D eigenvalue weighted by atomic mass is 9.89. The molecule has 0 saturated carbocycles. The zero-order valence-electron chi connectivity index (χ0n) is 10.8. The second kappa shape index (κ2) is 5.83. The van der Waals surface area contributed by atoms with E-state index in [1.165, 1.54) is 51.7 Å². The van der Waals surface area contributed by atoms with E-state index in [1.54, 1.807) is 5.57 Å². The number of rotatable bonds is 3. The molecule has 1 saturated heterocycles. The molecular weight excluding hydrogens is 196 g/mol. The summed E-state index contributed by atoms with van der Waals surface area (Å²) in [6.45, 7) is 6.17. The van der Waals surface area contributed by atoms with Crippen molar-refractivity contribution in [1.82, 2.24) is 10.2 Å². The Labute approximate surface area is 100 Å². The van der Waals surface area contributed by atoms with Crippen LogP contribution < -0.4 is 5.32 Å². The Kier molecular flexibility index (Phi) is 4.42. The minimum atomic E-state index is 0.731. The number of likely N-dealkylation sites (tertiary alicyclic amines) is 1. The molecule has 0 aromatic heterocycles. The number of hydrogen-bond donors (Lipinski definition) is 1. The maximum atomic E-state index is 3.42. The number of hydrogen-bond acceptors (Lipinski definition) is 2. The first-order chi connectivity index (χ1) is 7.78. The molecule has 1 fully saturated rings. The van der Waals surface area contributed by atoms with Crippen molar-refractivity contribution in [3.8, 4) is 0 Å². The number of likely N-dealkylation sites (N-methyl/N-ethyl adjacent to an activating group) is 1. The van der Waals surface area contributed by atoms with Gasteiger partial charge in [0.25, 0.3) is 0 Å². The van der Waals surface area contributed by atoms with Gasteiger partial charge >= 0.3 is 0 Å². The lowest BCUT2D eigenvalue weighted by Gasteiger charge is -2.35. The van der Waals surface area contributed by atoms with E-state index in [9.17, 15) is 0 Å². The van der Waals surface area contributed by atoms with Gasteiger partial charge in [0.15, 0.2) is 0 Å². The standard InChI is InChI=1S/C14H26N2/c1-12-5-7-13(8-6-12)10-16-9-3-4-14(11-16)15-2/h5,13-15H,3-4,6-11H2,1-2H3/t13-,14?/m1/s1.